The molecule has 1 aromatic rings. The van der Waals surface area contributed by atoms with Gasteiger partial charge < -0.3 is 14.6 Å². The monoisotopic (exact) mass is 280 g/mol. The van der Waals surface area contributed by atoms with Gasteiger partial charge >= 0.3 is 0 Å². The lowest BCUT2D eigenvalue weighted by atomic mass is 10.2. The number of hydrogen-bond acceptors (Lipinski definition) is 4. The molecule has 6 heteroatoms. The number of rotatable bonds is 3. The summed E-state index contributed by atoms with van der Waals surface area (Å²) in [6.07, 6.45) is 5.33. The zero-order valence-electron chi connectivity index (χ0n) is 10.7. The van der Waals surface area contributed by atoms with Crippen LogP contribution < -0.4 is 5.32 Å². The van der Waals surface area contributed by atoms with Crippen molar-refractivity contribution in [2.75, 3.05) is 5.75 Å². The Bertz CT molecular complexity index is 484. The van der Waals surface area contributed by atoms with Gasteiger partial charge in [-0.2, -0.15) is 0 Å². The molecule has 1 saturated carbocycles. The van der Waals surface area contributed by atoms with Crippen LogP contribution in [0.4, 0.5) is 0 Å². The Morgan fingerprint density at radius 1 is 1.47 bits per heavy atom. The summed E-state index contributed by atoms with van der Waals surface area (Å²) in [5.74, 6) is 0.525. The standard InChI is InChI=1S/C13H16N2O3S/c1-8(16)15-11(12(17)14-10-2-3-10)7-19-13(15)9-4-5-18-6-9/h4-6,10-11,13H,2-3,7H2,1H3,(H,14,17). The second-order valence-corrected chi connectivity index (χ2v) is 6.08. The van der Waals surface area contributed by atoms with E-state index in [1.165, 1.54) is 6.92 Å². The second kappa shape index (κ2) is 4.92. The third-order valence-corrected chi connectivity index (χ3v) is 4.74. The molecule has 0 aromatic carbocycles. The van der Waals surface area contributed by atoms with Crippen molar-refractivity contribution in [1.29, 1.82) is 0 Å². The molecule has 2 fully saturated rings. The lowest BCUT2D eigenvalue weighted by Crippen LogP contribution is -2.47. The van der Waals surface area contributed by atoms with E-state index in [0.717, 1.165) is 18.4 Å². The highest BCUT2D eigenvalue weighted by Gasteiger charge is 2.42. The highest BCUT2D eigenvalue weighted by molar-refractivity contribution is 7.99. The van der Waals surface area contributed by atoms with E-state index in [0.29, 0.717) is 11.8 Å². The molecule has 1 aliphatic carbocycles. The number of furan rings is 1. The van der Waals surface area contributed by atoms with E-state index in [1.807, 2.05) is 6.07 Å². The number of thioether (sulfide) groups is 1. The SMILES string of the molecule is CC(=O)N1C(C(=O)NC2CC2)CSC1c1ccoc1. The third-order valence-electron chi connectivity index (χ3n) is 3.42. The molecular formula is C13H16N2O3S. The number of amides is 2. The second-order valence-electron chi connectivity index (χ2n) is 4.97. The summed E-state index contributed by atoms with van der Waals surface area (Å²) in [6, 6.07) is 1.79. The molecule has 2 atom stereocenters. The molecular weight excluding hydrogens is 264 g/mol. The van der Waals surface area contributed by atoms with Gasteiger partial charge in [-0.3, -0.25) is 9.59 Å². The third kappa shape index (κ3) is 2.49. The minimum absolute atomic E-state index is 0.0313. The Hall–Kier alpha value is -1.43. The molecule has 3 rings (SSSR count). The molecule has 5 nitrogen and oxygen atoms in total. The number of nitrogens with zero attached hydrogens (tertiary/aromatic N) is 1. The topological polar surface area (TPSA) is 62.6 Å². The normalized spacial score (nSPS) is 26.5. The maximum Gasteiger partial charge on any atom is 0.243 e. The molecule has 102 valence electrons. The molecule has 2 heterocycles. The largest absolute Gasteiger partial charge is 0.472 e. The quantitative estimate of drug-likeness (QED) is 0.912. The molecule has 1 aliphatic heterocycles. The molecule has 19 heavy (non-hydrogen) atoms. The molecule has 1 N–H and O–H groups in total. The molecule has 0 spiro atoms. The van der Waals surface area contributed by atoms with Gasteiger partial charge in [0.2, 0.25) is 11.8 Å². The lowest BCUT2D eigenvalue weighted by Gasteiger charge is -2.27. The highest BCUT2D eigenvalue weighted by atomic mass is 32.2. The van der Waals surface area contributed by atoms with Crippen molar-refractivity contribution < 1.29 is 14.0 Å². The van der Waals surface area contributed by atoms with E-state index < -0.39 is 0 Å². The van der Waals surface area contributed by atoms with Crippen molar-refractivity contribution in [1.82, 2.24) is 10.2 Å². The fourth-order valence-corrected chi connectivity index (χ4v) is 3.75. The molecule has 2 amide bonds. The molecule has 0 bridgehead atoms. The molecule has 1 saturated heterocycles. The summed E-state index contributed by atoms with van der Waals surface area (Å²) in [7, 11) is 0. The first kappa shape index (κ1) is 12.6. The summed E-state index contributed by atoms with van der Waals surface area (Å²) in [6.45, 7) is 1.51. The van der Waals surface area contributed by atoms with Gasteiger partial charge in [-0.25, -0.2) is 0 Å². The van der Waals surface area contributed by atoms with Crippen molar-refractivity contribution in [3.05, 3.63) is 24.2 Å². The van der Waals surface area contributed by atoms with Crippen LogP contribution in [0.1, 0.15) is 30.7 Å². The predicted molar refractivity (Wildman–Crippen MR) is 71.4 cm³/mol. The van der Waals surface area contributed by atoms with Gasteiger partial charge in [0.15, 0.2) is 0 Å². The lowest BCUT2D eigenvalue weighted by molar-refractivity contribution is -0.138. The highest BCUT2D eigenvalue weighted by Crippen LogP contribution is 2.41. The van der Waals surface area contributed by atoms with Crippen molar-refractivity contribution in [3.63, 3.8) is 0 Å². The van der Waals surface area contributed by atoms with Gasteiger partial charge in [0.25, 0.3) is 0 Å². The Morgan fingerprint density at radius 2 is 2.26 bits per heavy atom. The number of carbonyl (C=O) groups excluding carboxylic acids is 2. The van der Waals surface area contributed by atoms with Gasteiger partial charge in [-0.05, 0) is 18.9 Å². The first-order valence-corrected chi connectivity index (χ1v) is 7.44. The molecule has 2 unspecified atom stereocenters. The molecule has 0 radical (unpaired) electrons. The van der Waals surface area contributed by atoms with E-state index in [2.05, 4.69) is 5.32 Å². The van der Waals surface area contributed by atoms with Crippen LogP contribution in [0.5, 0.6) is 0 Å². The minimum atomic E-state index is -0.372. The summed E-state index contributed by atoms with van der Waals surface area (Å²) >= 11 is 1.60. The van der Waals surface area contributed by atoms with Crippen LogP contribution in [0.3, 0.4) is 0 Å². The van der Waals surface area contributed by atoms with Crippen molar-refractivity contribution in [3.8, 4) is 0 Å². The zero-order valence-corrected chi connectivity index (χ0v) is 11.5. The summed E-state index contributed by atoms with van der Waals surface area (Å²) in [5, 5.41) is 2.86. The maximum atomic E-state index is 12.2. The Kier molecular flexibility index (Phi) is 3.26. The van der Waals surface area contributed by atoms with Crippen LogP contribution in [-0.4, -0.2) is 34.6 Å². The number of hydrogen-bond donors (Lipinski definition) is 1. The minimum Gasteiger partial charge on any atom is -0.472 e. The smallest absolute Gasteiger partial charge is 0.243 e. The van der Waals surface area contributed by atoms with E-state index in [9.17, 15) is 9.59 Å². The van der Waals surface area contributed by atoms with Crippen LogP contribution >= 0.6 is 11.8 Å². The van der Waals surface area contributed by atoms with Crippen molar-refractivity contribution >= 4 is 23.6 Å². The van der Waals surface area contributed by atoms with Gasteiger partial charge in [-0.15, -0.1) is 11.8 Å². The fourth-order valence-electron chi connectivity index (χ4n) is 2.29. The van der Waals surface area contributed by atoms with E-state index in [1.54, 1.807) is 29.2 Å². The van der Waals surface area contributed by atoms with E-state index >= 15 is 0 Å². The molecule has 1 aromatic heterocycles. The zero-order chi connectivity index (χ0) is 13.4. The van der Waals surface area contributed by atoms with Crippen LogP contribution in [0.15, 0.2) is 23.0 Å². The van der Waals surface area contributed by atoms with Crippen LogP contribution in [0, 0.1) is 0 Å². The maximum absolute atomic E-state index is 12.2. The average Bonchev–Trinajstić information content (AvgIpc) is 2.91. The van der Waals surface area contributed by atoms with Crippen molar-refractivity contribution in [2.24, 2.45) is 0 Å². The fraction of sp³-hybridized carbons (Fsp3) is 0.538. The van der Waals surface area contributed by atoms with Crippen LogP contribution in [0.2, 0.25) is 0 Å². The van der Waals surface area contributed by atoms with E-state index in [-0.39, 0.29) is 23.2 Å². The molecule has 2 aliphatic rings. The first-order chi connectivity index (χ1) is 9.16. The van der Waals surface area contributed by atoms with Crippen LogP contribution in [-0.2, 0) is 9.59 Å². The Labute approximate surface area is 115 Å². The van der Waals surface area contributed by atoms with Gasteiger partial charge in [0.1, 0.15) is 11.4 Å². The van der Waals surface area contributed by atoms with Gasteiger partial charge in [-0.1, -0.05) is 0 Å². The first-order valence-electron chi connectivity index (χ1n) is 6.40. The average molecular weight is 280 g/mol. The van der Waals surface area contributed by atoms with Crippen LogP contribution in [0.25, 0.3) is 0 Å². The Balaban J connectivity index is 1.77. The number of nitrogens with one attached hydrogen (secondary N) is 1. The van der Waals surface area contributed by atoms with Gasteiger partial charge in [0.05, 0.1) is 12.5 Å². The number of carbonyl (C=O) groups is 2. The van der Waals surface area contributed by atoms with Crippen molar-refractivity contribution in [2.45, 2.75) is 37.2 Å². The Morgan fingerprint density at radius 3 is 2.84 bits per heavy atom. The summed E-state index contributed by atoms with van der Waals surface area (Å²) in [5.41, 5.74) is 0.932. The summed E-state index contributed by atoms with van der Waals surface area (Å²) < 4.78 is 5.07. The van der Waals surface area contributed by atoms with E-state index in [4.69, 9.17) is 4.42 Å². The summed E-state index contributed by atoms with van der Waals surface area (Å²) in [4.78, 5) is 25.7. The van der Waals surface area contributed by atoms with Gasteiger partial charge in [0, 0.05) is 24.3 Å². The predicted octanol–water partition coefficient (Wildman–Crippen LogP) is 1.52.